The number of aliphatic hydroxyl groups is 2. The number of phenolic OH excluding ortho intramolecular Hbond substituents is 6. The fourth-order valence-corrected chi connectivity index (χ4v) is 3.67. The van der Waals surface area contributed by atoms with Gasteiger partial charge < -0.3 is 55.4 Å². The van der Waals surface area contributed by atoms with E-state index in [9.17, 15) is 50.8 Å². The first-order valence-electron chi connectivity index (χ1n) is 9.76. The molecule has 12 nitrogen and oxygen atoms in total. The topological polar surface area (TPSA) is 218 Å². The summed E-state index contributed by atoms with van der Waals surface area (Å²) in [5.41, 5.74) is -1.88. The second-order valence-electron chi connectivity index (χ2n) is 7.90. The summed E-state index contributed by atoms with van der Waals surface area (Å²) in [7, 11) is 0. The van der Waals surface area contributed by atoms with Gasteiger partial charge in [-0.2, -0.15) is 0 Å². The van der Waals surface area contributed by atoms with Crippen LogP contribution in [0.4, 0.5) is 0 Å². The van der Waals surface area contributed by atoms with Gasteiger partial charge in [0.25, 0.3) is 0 Å². The van der Waals surface area contributed by atoms with Gasteiger partial charge in [0.15, 0.2) is 40.1 Å². The maximum atomic E-state index is 11.5. The number of rotatable bonds is 7. The van der Waals surface area contributed by atoms with Gasteiger partial charge in [-0.05, 0) is 35.4 Å². The van der Waals surface area contributed by atoms with Crippen LogP contribution in [0.3, 0.4) is 0 Å². The van der Waals surface area contributed by atoms with Gasteiger partial charge in [0.1, 0.15) is 6.10 Å². The Morgan fingerprint density at radius 1 is 0.818 bits per heavy atom. The van der Waals surface area contributed by atoms with E-state index in [2.05, 4.69) is 0 Å². The van der Waals surface area contributed by atoms with Gasteiger partial charge in [-0.15, -0.1) is 0 Å². The molecule has 0 aliphatic heterocycles. The van der Waals surface area contributed by atoms with Gasteiger partial charge in [0.2, 0.25) is 0 Å². The molecule has 0 spiro atoms. The minimum atomic E-state index is -2.31. The van der Waals surface area contributed by atoms with E-state index >= 15 is 0 Å². The molecule has 0 saturated heterocycles. The highest BCUT2D eigenvalue weighted by atomic mass is 16.6. The number of carbonyl (C=O) groups is 1. The van der Waals surface area contributed by atoms with Gasteiger partial charge in [-0.1, -0.05) is 0 Å². The standard InChI is InChI=1S/C21H24O12/c22-11-1-9(2-12(23)17(11)27)7-32-16-6-21(31,20(29)30)5-15(26)19(16)33-8-10-3-13(24)18(28)14(25)4-10/h1-4,15-16,19,22-28,31H,5-8H2,(H,29,30)/t15-,16-,19+,21-/m1/s1. The first-order valence-corrected chi connectivity index (χ1v) is 9.76. The third-order valence-corrected chi connectivity index (χ3v) is 5.39. The maximum absolute atomic E-state index is 11.5. The summed E-state index contributed by atoms with van der Waals surface area (Å²) in [5, 5.41) is 87.7. The second-order valence-corrected chi connectivity index (χ2v) is 7.90. The van der Waals surface area contributed by atoms with Gasteiger partial charge in [0, 0.05) is 12.8 Å². The first-order chi connectivity index (χ1) is 15.4. The van der Waals surface area contributed by atoms with Crippen LogP contribution in [-0.2, 0) is 27.5 Å². The molecule has 2 aromatic carbocycles. The Labute approximate surface area is 186 Å². The number of aliphatic hydroxyl groups excluding tert-OH is 1. The molecule has 33 heavy (non-hydrogen) atoms. The van der Waals surface area contributed by atoms with Crippen molar-refractivity contribution in [3.8, 4) is 34.5 Å². The lowest BCUT2D eigenvalue weighted by molar-refractivity contribution is -0.207. The molecule has 1 aliphatic carbocycles. The van der Waals surface area contributed by atoms with Crippen LogP contribution in [0.2, 0.25) is 0 Å². The summed E-state index contributed by atoms with van der Waals surface area (Å²) in [6, 6.07) is 4.45. The van der Waals surface area contributed by atoms with E-state index in [0.29, 0.717) is 0 Å². The van der Waals surface area contributed by atoms with Crippen LogP contribution in [0.25, 0.3) is 0 Å². The van der Waals surface area contributed by atoms with E-state index < -0.39 is 77.2 Å². The molecule has 0 radical (unpaired) electrons. The van der Waals surface area contributed by atoms with E-state index in [4.69, 9.17) is 9.47 Å². The van der Waals surface area contributed by atoms with E-state index in [1.54, 1.807) is 0 Å². The van der Waals surface area contributed by atoms with Crippen LogP contribution in [0.15, 0.2) is 24.3 Å². The summed E-state index contributed by atoms with van der Waals surface area (Å²) >= 11 is 0. The van der Waals surface area contributed by atoms with Crippen molar-refractivity contribution in [1.82, 2.24) is 0 Å². The fraction of sp³-hybridized carbons (Fsp3) is 0.381. The van der Waals surface area contributed by atoms with Crippen molar-refractivity contribution < 1.29 is 60.2 Å². The third kappa shape index (κ3) is 5.14. The summed E-state index contributed by atoms with van der Waals surface area (Å²) in [6.45, 7) is -0.593. The summed E-state index contributed by atoms with van der Waals surface area (Å²) in [4.78, 5) is 11.5. The predicted molar refractivity (Wildman–Crippen MR) is 108 cm³/mol. The van der Waals surface area contributed by atoms with Crippen LogP contribution < -0.4 is 0 Å². The number of phenols is 6. The fourth-order valence-electron chi connectivity index (χ4n) is 3.67. The molecular formula is C21H24O12. The highest BCUT2D eigenvalue weighted by Crippen LogP contribution is 2.38. The number of hydrogen-bond acceptors (Lipinski definition) is 11. The van der Waals surface area contributed by atoms with E-state index in [1.165, 1.54) is 0 Å². The number of hydrogen-bond donors (Lipinski definition) is 9. The van der Waals surface area contributed by atoms with Crippen LogP contribution in [-0.4, -0.2) is 75.8 Å². The molecule has 0 unspecified atom stereocenters. The van der Waals surface area contributed by atoms with Crippen molar-refractivity contribution in [3.63, 3.8) is 0 Å². The lowest BCUT2D eigenvalue weighted by Crippen LogP contribution is -2.57. The number of benzene rings is 2. The van der Waals surface area contributed by atoms with Gasteiger partial charge >= 0.3 is 5.97 Å². The van der Waals surface area contributed by atoms with Crippen LogP contribution in [0, 0.1) is 0 Å². The summed E-state index contributed by atoms with van der Waals surface area (Å²) in [6.07, 6.45) is -4.83. The Kier molecular flexibility index (Phi) is 6.74. The molecule has 1 saturated carbocycles. The number of aliphatic carboxylic acids is 1. The molecule has 1 fully saturated rings. The van der Waals surface area contributed by atoms with Crippen molar-refractivity contribution in [2.24, 2.45) is 0 Å². The van der Waals surface area contributed by atoms with Gasteiger partial charge in [0.05, 0.1) is 25.4 Å². The van der Waals surface area contributed by atoms with Crippen molar-refractivity contribution in [2.75, 3.05) is 0 Å². The van der Waals surface area contributed by atoms with Gasteiger partial charge in [-0.25, -0.2) is 4.79 Å². The second kappa shape index (κ2) is 9.19. The Bertz CT molecular complexity index is 992. The van der Waals surface area contributed by atoms with Gasteiger partial charge in [-0.3, -0.25) is 0 Å². The minimum absolute atomic E-state index is 0.203. The molecular weight excluding hydrogens is 444 g/mol. The summed E-state index contributed by atoms with van der Waals surface area (Å²) < 4.78 is 11.3. The molecule has 9 N–H and O–H groups in total. The molecule has 0 aromatic heterocycles. The smallest absolute Gasteiger partial charge is 0.335 e. The monoisotopic (exact) mass is 468 g/mol. The Balaban J connectivity index is 1.79. The average Bonchev–Trinajstić information content (AvgIpc) is 2.73. The number of carboxylic acids is 1. The lowest BCUT2D eigenvalue weighted by Gasteiger charge is -2.41. The van der Waals surface area contributed by atoms with Crippen LogP contribution >= 0.6 is 0 Å². The number of aromatic hydroxyl groups is 6. The van der Waals surface area contributed by atoms with Crippen molar-refractivity contribution >= 4 is 5.97 Å². The highest BCUT2D eigenvalue weighted by Gasteiger charge is 2.50. The summed E-state index contributed by atoms with van der Waals surface area (Å²) in [5.74, 6) is -5.44. The number of ether oxygens (including phenoxy) is 2. The van der Waals surface area contributed by atoms with E-state index in [1.807, 2.05) is 0 Å². The molecule has 4 atom stereocenters. The molecule has 1 aliphatic rings. The van der Waals surface area contributed by atoms with Crippen molar-refractivity contribution in [3.05, 3.63) is 35.4 Å². The highest BCUT2D eigenvalue weighted by molar-refractivity contribution is 5.77. The molecule has 12 heteroatoms. The quantitative estimate of drug-likeness (QED) is 0.252. The molecule has 0 heterocycles. The average molecular weight is 468 g/mol. The van der Waals surface area contributed by atoms with E-state index in [-0.39, 0.29) is 24.3 Å². The Hall–Kier alpha value is -3.45. The van der Waals surface area contributed by atoms with Crippen molar-refractivity contribution in [2.45, 2.75) is 50.0 Å². The van der Waals surface area contributed by atoms with Crippen LogP contribution in [0.1, 0.15) is 24.0 Å². The van der Waals surface area contributed by atoms with Crippen molar-refractivity contribution in [1.29, 1.82) is 0 Å². The molecule has 0 bridgehead atoms. The van der Waals surface area contributed by atoms with Crippen LogP contribution in [0.5, 0.6) is 34.5 Å². The molecule has 0 amide bonds. The zero-order valence-electron chi connectivity index (χ0n) is 17.1. The Morgan fingerprint density at radius 3 is 1.67 bits per heavy atom. The predicted octanol–water partition coefficient (Wildman–Crippen LogP) is 0.361. The maximum Gasteiger partial charge on any atom is 0.335 e. The first kappa shape index (κ1) is 24.2. The normalized spacial score (nSPS) is 25.1. The minimum Gasteiger partial charge on any atom is -0.504 e. The molecule has 180 valence electrons. The molecule has 3 rings (SSSR count). The molecule has 2 aromatic rings. The SMILES string of the molecule is O=C(O)[C@@]1(O)C[C@@H](O)[C@H](OCc2cc(O)c(O)c(O)c2)[C@H](OCc2cc(O)c(O)c(O)c2)C1. The lowest BCUT2D eigenvalue weighted by atomic mass is 9.79. The third-order valence-electron chi connectivity index (χ3n) is 5.39. The zero-order valence-corrected chi connectivity index (χ0v) is 17.1. The largest absolute Gasteiger partial charge is 0.504 e. The number of carboxylic acid groups (broad SMARTS) is 1. The zero-order chi connectivity index (χ0) is 24.5. The van der Waals surface area contributed by atoms with E-state index in [0.717, 1.165) is 24.3 Å². The Morgan fingerprint density at radius 2 is 1.24 bits per heavy atom.